The molecule has 1 aromatic heterocycles. The second-order valence-electron chi connectivity index (χ2n) is 6.24. The Hall–Kier alpha value is -1.10. The summed E-state index contributed by atoms with van der Waals surface area (Å²) in [7, 11) is 0. The van der Waals surface area contributed by atoms with Crippen LogP contribution in [0.25, 0.3) is 0 Å². The SMILES string of the molecule is CC(C)(N)C(C)(C)c1nc(Cc2c(Cl)cccc2Cl)no1. The highest BCUT2D eigenvalue weighted by molar-refractivity contribution is 6.36. The monoisotopic (exact) mass is 327 g/mol. The summed E-state index contributed by atoms with van der Waals surface area (Å²) in [4.78, 5) is 4.45. The molecule has 4 nitrogen and oxygen atoms in total. The molecule has 2 rings (SSSR count). The van der Waals surface area contributed by atoms with Crippen molar-refractivity contribution in [1.82, 2.24) is 10.1 Å². The van der Waals surface area contributed by atoms with Gasteiger partial charge in [-0.05, 0) is 45.4 Å². The highest BCUT2D eigenvalue weighted by Crippen LogP contribution is 2.32. The lowest BCUT2D eigenvalue weighted by molar-refractivity contribution is 0.222. The molecule has 0 bridgehead atoms. The van der Waals surface area contributed by atoms with Crippen molar-refractivity contribution in [3.05, 3.63) is 45.5 Å². The number of rotatable bonds is 4. The van der Waals surface area contributed by atoms with Gasteiger partial charge in [0.15, 0.2) is 5.82 Å². The van der Waals surface area contributed by atoms with Crippen LogP contribution in [-0.4, -0.2) is 15.7 Å². The number of benzene rings is 1. The Kier molecular flexibility index (Phi) is 4.34. The summed E-state index contributed by atoms with van der Waals surface area (Å²) in [5, 5.41) is 5.19. The van der Waals surface area contributed by atoms with Crippen LogP contribution in [0, 0.1) is 0 Å². The largest absolute Gasteiger partial charge is 0.339 e. The van der Waals surface area contributed by atoms with Gasteiger partial charge in [0, 0.05) is 22.0 Å². The quantitative estimate of drug-likeness (QED) is 0.922. The molecule has 0 spiro atoms. The summed E-state index contributed by atoms with van der Waals surface area (Å²) < 4.78 is 5.38. The molecule has 1 aromatic carbocycles. The normalized spacial score (nSPS) is 12.7. The summed E-state index contributed by atoms with van der Waals surface area (Å²) >= 11 is 12.3. The molecule has 0 aliphatic heterocycles. The van der Waals surface area contributed by atoms with Gasteiger partial charge in [0.25, 0.3) is 0 Å². The zero-order valence-corrected chi connectivity index (χ0v) is 14.1. The fourth-order valence-corrected chi connectivity index (χ4v) is 2.25. The minimum Gasteiger partial charge on any atom is -0.339 e. The first-order chi connectivity index (χ1) is 9.63. The van der Waals surface area contributed by atoms with Crippen molar-refractivity contribution in [2.24, 2.45) is 5.73 Å². The molecule has 0 radical (unpaired) electrons. The Labute approximate surface area is 134 Å². The molecule has 0 saturated heterocycles. The Morgan fingerprint density at radius 1 is 1.14 bits per heavy atom. The smallest absolute Gasteiger partial charge is 0.234 e. The van der Waals surface area contributed by atoms with Crippen LogP contribution in [0.4, 0.5) is 0 Å². The lowest BCUT2D eigenvalue weighted by Gasteiger charge is -2.34. The lowest BCUT2D eigenvalue weighted by atomic mass is 9.75. The number of halogens is 2. The maximum atomic E-state index is 6.19. The summed E-state index contributed by atoms with van der Waals surface area (Å²) in [6, 6.07) is 5.38. The van der Waals surface area contributed by atoms with E-state index in [-0.39, 0.29) is 0 Å². The number of nitrogens with two attached hydrogens (primary N) is 1. The average Bonchev–Trinajstić information content (AvgIpc) is 2.82. The molecule has 0 amide bonds. The predicted molar refractivity (Wildman–Crippen MR) is 84.9 cm³/mol. The van der Waals surface area contributed by atoms with Crippen LogP contribution in [0.3, 0.4) is 0 Å². The predicted octanol–water partition coefficient (Wildman–Crippen LogP) is 3.98. The van der Waals surface area contributed by atoms with Crippen LogP contribution in [0.1, 0.15) is 45.0 Å². The molecule has 2 N–H and O–H groups in total. The van der Waals surface area contributed by atoms with Gasteiger partial charge in [0.2, 0.25) is 5.89 Å². The van der Waals surface area contributed by atoms with E-state index in [1.807, 2.05) is 27.7 Å². The second kappa shape index (κ2) is 5.59. The zero-order valence-electron chi connectivity index (χ0n) is 12.6. The molecule has 1 heterocycles. The van der Waals surface area contributed by atoms with Gasteiger partial charge in [-0.25, -0.2) is 0 Å². The van der Waals surface area contributed by atoms with Crippen molar-refractivity contribution in [3.63, 3.8) is 0 Å². The summed E-state index contributed by atoms with van der Waals surface area (Å²) in [6.45, 7) is 7.82. The molecule has 0 aliphatic rings. The van der Waals surface area contributed by atoms with Crippen molar-refractivity contribution in [3.8, 4) is 0 Å². The Bertz CT molecular complexity index is 624. The van der Waals surface area contributed by atoms with Gasteiger partial charge in [-0.2, -0.15) is 4.98 Å². The van der Waals surface area contributed by atoms with Crippen molar-refractivity contribution < 1.29 is 4.52 Å². The molecule has 0 unspecified atom stereocenters. The van der Waals surface area contributed by atoms with Crippen molar-refractivity contribution in [2.45, 2.75) is 45.1 Å². The van der Waals surface area contributed by atoms with E-state index in [2.05, 4.69) is 10.1 Å². The van der Waals surface area contributed by atoms with E-state index < -0.39 is 11.0 Å². The molecule has 114 valence electrons. The van der Waals surface area contributed by atoms with Gasteiger partial charge >= 0.3 is 0 Å². The fraction of sp³-hybridized carbons (Fsp3) is 0.467. The molecule has 0 aliphatic carbocycles. The van der Waals surface area contributed by atoms with E-state index in [1.54, 1.807) is 18.2 Å². The third-order valence-corrected chi connectivity index (χ3v) is 4.72. The zero-order chi connectivity index (χ0) is 15.8. The topological polar surface area (TPSA) is 64.9 Å². The average molecular weight is 328 g/mol. The minimum atomic E-state index is -0.487. The molecule has 21 heavy (non-hydrogen) atoms. The van der Waals surface area contributed by atoms with E-state index in [0.29, 0.717) is 28.2 Å². The molecule has 0 saturated carbocycles. The third kappa shape index (κ3) is 3.23. The number of aromatic nitrogens is 2. The van der Waals surface area contributed by atoms with Gasteiger partial charge in [-0.1, -0.05) is 34.4 Å². The number of hydrogen-bond acceptors (Lipinski definition) is 4. The van der Waals surface area contributed by atoms with Crippen LogP contribution >= 0.6 is 23.2 Å². The number of hydrogen-bond donors (Lipinski definition) is 1. The van der Waals surface area contributed by atoms with Gasteiger partial charge in [-0.3, -0.25) is 0 Å². The van der Waals surface area contributed by atoms with Crippen LogP contribution < -0.4 is 5.73 Å². The first-order valence-corrected chi connectivity index (χ1v) is 7.43. The highest BCUT2D eigenvalue weighted by Gasteiger charge is 2.40. The van der Waals surface area contributed by atoms with Crippen LogP contribution in [0.2, 0.25) is 10.0 Å². The van der Waals surface area contributed by atoms with Crippen LogP contribution in [0.15, 0.2) is 22.7 Å². The summed E-state index contributed by atoms with van der Waals surface area (Å²) in [6.07, 6.45) is 0.420. The molecule has 6 heteroatoms. The van der Waals surface area contributed by atoms with E-state index in [1.165, 1.54) is 0 Å². The summed E-state index contributed by atoms with van der Waals surface area (Å²) in [5.74, 6) is 1.05. The first kappa shape index (κ1) is 16.3. The van der Waals surface area contributed by atoms with Crippen LogP contribution in [-0.2, 0) is 11.8 Å². The maximum Gasteiger partial charge on any atom is 0.234 e. The molecule has 0 atom stereocenters. The third-order valence-electron chi connectivity index (χ3n) is 4.01. The lowest BCUT2D eigenvalue weighted by Crippen LogP contribution is -2.50. The highest BCUT2D eigenvalue weighted by atomic mass is 35.5. The Balaban J connectivity index is 2.30. The van der Waals surface area contributed by atoms with E-state index in [9.17, 15) is 0 Å². The van der Waals surface area contributed by atoms with Crippen molar-refractivity contribution in [2.75, 3.05) is 0 Å². The maximum absolute atomic E-state index is 6.19. The van der Waals surface area contributed by atoms with Crippen molar-refractivity contribution in [1.29, 1.82) is 0 Å². The molecule has 2 aromatic rings. The van der Waals surface area contributed by atoms with Gasteiger partial charge in [-0.15, -0.1) is 0 Å². The van der Waals surface area contributed by atoms with Gasteiger partial charge in [0.1, 0.15) is 0 Å². The first-order valence-electron chi connectivity index (χ1n) is 6.68. The second-order valence-corrected chi connectivity index (χ2v) is 7.05. The fourth-order valence-electron chi connectivity index (χ4n) is 1.71. The Morgan fingerprint density at radius 3 is 2.24 bits per heavy atom. The van der Waals surface area contributed by atoms with Crippen LogP contribution in [0.5, 0.6) is 0 Å². The molecular formula is C15H19Cl2N3O. The van der Waals surface area contributed by atoms with Gasteiger partial charge in [0.05, 0.1) is 5.41 Å². The summed E-state index contributed by atoms with van der Waals surface area (Å²) in [5.41, 5.74) is 6.05. The van der Waals surface area contributed by atoms with E-state index >= 15 is 0 Å². The molecule has 0 fully saturated rings. The Morgan fingerprint density at radius 2 is 1.71 bits per heavy atom. The minimum absolute atomic E-state index is 0.420. The van der Waals surface area contributed by atoms with Gasteiger partial charge < -0.3 is 10.3 Å². The van der Waals surface area contributed by atoms with Crippen molar-refractivity contribution >= 4 is 23.2 Å². The van der Waals surface area contributed by atoms with E-state index in [4.69, 9.17) is 33.5 Å². The standard InChI is InChI=1S/C15H19Cl2N3O/c1-14(2,15(3,4)18)13-19-12(20-21-13)8-9-10(16)6-5-7-11(9)17/h5-7H,8,18H2,1-4H3. The molecular weight excluding hydrogens is 309 g/mol. The number of nitrogens with zero attached hydrogens (tertiary/aromatic N) is 2. The van der Waals surface area contributed by atoms with E-state index in [0.717, 1.165) is 5.56 Å².